The number of aryl methyl sites for hydroxylation is 2. The van der Waals surface area contributed by atoms with E-state index in [1.165, 1.54) is 11.1 Å². The number of rotatable bonds is 10. The van der Waals surface area contributed by atoms with Gasteiger partial charge in [0.2, 0.25) is 5.91 Å². The van der Waals surface area contributed by atoms with Crippen LogP contribution in [0.4, 0.5) is 0 Å². The molecule has 150 valence electrons. The lowest BCUT2D eigenvalue weighted by molar-refractivity contribution is -0.126. The Morgan fingerprint density at radius 2 is 1.36 bits per heavy atom. The van der Waals surface area contributed by atoms with E-state index < -0.39 is 0 Å². The van der Waals surface area contributed by atoms with Crippen molar-refractivity contribution in [2.75, 3.05) is 13.1 Å². The Morgan fingerprint density at radius 3 is 1.86 bits per heavy atom. The number of hydrogen-bond donors (Lipinski definition) is 2. The van der Waals surface area contributed by atoms with Gasteiger partial charge in [0.15, 0.2) is 0 Å². The summed E-state index contributed by atoms with van der Waals surface area (Å²) in [6.07, 6.45) is 8.28. The van der Waals surface area contributed by atoms with Crippen LogP contribution < -0.4 is 10.6 Å². The van der Waals surface area contributed by atoms with Crippen LogP contribution in [-0.4, -0.2) is 25.0 Å². The summed E-state index contributed by atoms with van der Waals surface area (Å²) >= 11 is 0. The summed E-state index contributed by atoms with van der Waals surface area (Å²) in [6.45, 7) is 2.02. The molecule has 0 aliphatic carbocycles. The Hall–Kier alpha value is -2.13. The fourth-order valence-electron chi connectivity index (χ4n) is 4.09. The van der Waals surface area contributed by atoms with Gasteiger partial charge in [0.05, 0.1) is 0 Å². The minimum Gasteiger partial charge on any atom is -0.353 e. The van der Waals surface area contributed by atoms with Crippen molar-refractivity contribution in [1.82, 2.24) is 10.6 Å². The van der Waals surface area contributed by atoms with Crippen LogP contribution in [0.3, 0.4) is 0 Å². The van der Waals surface area contributed by atoms with Crippen molar-refractivity contribution in [3.8, 4) is 0 Å². The Balaban J connectivity index is 1.50. The van der Waals surface area contributed by atoms with Gasteiger partial charge >= 0.3 is 0 Å². The molecule has 0 saturated carbocycles. The van der Waals surface area contributed by atoms with E-state index in [9.17, 15) is 4.79 Å². The fraction of sp³-hybridized carbons (Fsp3) is 0.480. The molecule has 0 aromatic heterocycles. The van der Waals surface area contributed by atoms with E-state index in [0.717, 1.165) is 64.5 Å². The SMILES string of the molecule is O=C(NC1CCNCC1)C(CCCc1ccccc1)CCCc1ccccc1. The number of benzene rings is 2. The zero-order valence-electron chi connectivity index (χ0n) is 16.9. The lowest BCUT2D eigenvalue weighted by Gasteiger charge is -2.26. The van der Waals surface area contributed by atoms with Gasteiger partial charge < -0.3 is 10.6 Å². The first kappa shape index (κ1) is 20.6. The molecule has 2 N–H and O–H groups in total. The zero-order valence-corrected chi connectivity index (χ0v) is 16.9. The quantitative estimate of drug-likeness (QED) is 0.638. The number of carbonyl (C=O) groups excluding carboxylic acids is 1. The topological polar surface area (TPSA) is 41.1 Å². The molecule has 0 bridgehead atoms. The van der Waals surface area contributed by atoms with Gasteiger partial charge in [0, 0.05) is 12.0 Å². The van der Waals surface area contributed by atoms with Gasteiger partial charge in [-0.3, -0.25) is 4.79 Å². The average molecular weight is 379 g/mol. The predicted molar refractivity (Wildman–Crippen MR) is 116 cm³/mol. The molecule has 1 fully saturated rings. The molecule has 0 atom stereocenters. The summed E-state index contributed by atoms with van der Waals surface area (Å²) in [5, 5.41) is 6.71. The molecule has 3 nitrogen and oxygen atoms in total. The minimum atomic E-state index is 0.127. The highest BCUT2D eigenvalue weighted by Crippen LogP contribution is 2.19. The van der Waals surface area contributed by atoms with Gasteiger partial charge in [-0.25, -0.2) is 0 Å². The van der Waals surface area contributed by atoms with Crippen molar-refractivity contribution >= 4 is 5.91 Å². The van der Waals surface area contributed by atoms with E-state index in [2.05, 4.69) is 71.3 Å². The van der Waals surface area contributed by atoms with Crippen molar-refractivity contribution in [1.29, 1.82) is 0 Å². The summed E-state index contributed by atoms with van der Waals surface area (Å²) in [4.78, 5) is 13.0. The maximum atomic E-state index is 13.0. The van der Waals surface area contributed by atoms with Gasteiger partial charge in [-0.15, -0.1) is 0 Å². The molecule has 1 amide bonds. The molecule has 1 heterocycles. The molecule has 2 aromatic rings. The molecule has 1 aliphatic heterocycles. The smallest absolute Gasteiger partial charge is 0.223 e. The molecule has 3 rings (SSSR count). The van der Waals surface area contributed by atoms with Crippen LogP contribution in [0.15, 0.2) is 60.7 Å². The molecule has 0 radical (unpaired) electrons. The molecule has 28 heavy (non-hydrogen) atoms. The van der Waals surface area contributed by atoms with Crippen molar-refractivity contribution in [2.45, 2.75) is 57.4 Å². The monoisotopic (exact) mass is 378 g/mol. The van der Waals surface area contributed by atoms with Crippen LogP contribution in [0, 0.1) is 5.92 Å². The van der Waals surface area contributed by atoms with Crippen molar-refractivity contribution in [2.24, 2.45) is 5.92 Å². The zero-order chi connectivity index (χ0) is 19.4. The second-order valence-electron chi connectivity index (χ2n) is 7.99. The second kappa shape index (κ2) is 11.7. The first-order valence-electron chi connectivity index (χ1n) is 10.9. The maximum absolute atomic E-state index is 13.0. The normalized spacial score (nSPS) is 14.9. The lowest BCUT2D eigenvalue weighted by atomic mass is 9.92. The Kier molecular flexibility index (Phi) is 8.57. The Morgan fingerprint density at radius 1 is 0.857 bits per heavy atom. The van der Waals surface area contributed by atoms with E-state index in [4.69, 9.17) is 0 Å². The van der Waals surface area contributed by atoms with E-state index in [0.29, 0.717) is 6.04 Å². The summed E-state index contributed by atoms with van der Waals surface area (Å²) in [5.74, 6) is 0.398. The molecule has 0 spiro atoms. The van der Waals surface area contributed by atoms with Crippen molar-refractivity contribution in [3.63, 3.8) is 0 Å². The van der Waals surface area contributed by atoms with Gasteiger partial charge in [0.1, 0.15) is 0 Å². The van der Waals surface area contributed by atoms with E-state index in [-0.39, 0.29) is 11.8 Å². The van der Waals surface area contributed by atoms with Gasteiger partial charge in [-0.05, 0) is 75.6 Å². The lowest BCUT2D eigenvalue weighted by Crippen LogP contribution is -2.44. The highest BCUT2D eigenvalue weighted by Gasteiger charge is 2.22. The summed E-state index contributed by atoms with van der Waals surface area (Å²) in [7, 11) is 0. The van der Waals surface area contributed by atoms with Crippen molar-refractivity contribution in [3.05, 3.63) is 71.8 Å². The van der Waals surface area contributed by atoms with Crippen LogP contribution in [0.25, 0.3) is 0 Å². The molecule has 2 aromatic carbocycles. The maximum Gasteiger partial charge on any atom is 0.223 e. The van der Waals surface area contributed by atoms with Crippen LogP contribution in [0.1, 0.15) is 49.7 Å². The van der Waals surface area contributed by atoms with Gasteiger partial charge in [-0.1, -0.05) is 60.7 Å². The number of hydrogen-bond acceptors (Lipinski definition) is 2. The molecule has 1 saturated heterocycles. The summed E-state index contributed by atoms with van der Waals surface area (Å²) < 4.78 is 0. The number of carbonyl (C=O) groups is 1. The fourth-order valence-corrected chi connectivity index (χ4v) is 4.09. The van der Waals surface area contributed by atoms with Crippen LogP contribution in [0.2, 0.25) is 0 Å². The van der Waals surface area contributed by atoms with E-state index in [1.54, 1.807) is 0 Å². The Labute approximate surface area is 169 Å². The third kappa shape index (κ3) is 7.12. The van der Waals surface area contributed by atoms with Crippen LogP contribution >= 0.6 is 0 Å². The highest BCUT2D eigenvalue weighted by atomic mass is 16.1. The van der Waals surface area contributed by atoms with E-state index in [1.807, 2.05) is 0 Å². The summed E-state index contributed by atoms with van der Waals surface area (Å²) in [6, 6.07) is 21.6. The standard InChI is InChI=1S/C25H34N2O/c28-25(27-24-17-19-26-20-18-24)23(15-7-13-21-9-3-1-4-10-21)16-8-14-22-11-5-2-6-12-22/h1-6,9-12,23-24,26H,7-8,13-20H2,(H,27,28). The first-order valence-corrected chi connectivity index (χ1v) is 10.9. The highest BCUT2D eigenvalue weighted by molar-refractivity contribution is 5.78. The van der Waals surface area contributed by atoms with Gasteiger partial charge in [0.25, 0.3) is 0 Å². The van der Waals surface area contributed by atoms with E-state index >= 15 is 0 Å². The third-order valence-corrected chi connectivity index (χ3v) is 5.78. The minimum absolute atomic E-state index is 0.127. The number of nitrogens with one attached hydrogen (secondary N) is 2. The van der Waals surface area contributed by atoms with Crippen LogP contribution in [-0.2, 0) is 17.6 Å². The average Bonchev–Trinajstić information content (AvgIpc) is 2.75. The molecular weight excluding hydrogens is 344 g/mol. The predicted octanol–water partition coefficient (Wildman–Crippen LogP) is 4.52. The van der Waals surface area contributed by atoms with Crippen molar-refractivity contribution < 1.29 is 4.79 Å². The third-order valence-electron chi connectivity index (χ3n) is 5.78. The van der Waals surface area contributed by atoms with Gasteiger partial charge in [-0.2, -0.15) is 0 Å². The molecule has 1 aliphatic rings. The largest absolute Gasteiger partial charge is 0.353 e. The molecule has 0 unspecified atom stereocenters. The second-order valence-corrected chi connectivity index (χ2v) is 7.99. The van der Waals surface area contributed by atoms with Crippen LogP contribution in [0.5, 0.6) is 0 Å². The molecular formula is C25H34N2O. The molecule has 3 heteroatoms. The number of piperidine rings is 1. The first-order chi connectivity index (χ1) is 13.8. The Bertz CT molecular complexity index is 635. The number of amides is 1. The summed E-state index contributed by atoms with van der Waals surface area (Å²) in [5.41, 5.74) is 2.73.